The molecular weight excluding hydrogens is 140 g/mol. The molecule has 0 amide bonds. The van der Waals surface area contributed by atoms with Crippen molar-refractivity contribution >= 4 is 5.78 Å². The van der Waals surface area contributed by atoms with Gasteiger partial charge in [0.2, 0.25) is 0 Å². The highest BCUT2D eigenvalue weighted by Gasteiger charge is 2.05. The van der Waals surface area contributed by atoms with Crippen molar-refractivity contribution in [3.05, 3.63) is 0 Å². The van der Waals surface area contributed by atoms with Gasteiger partial charge in [-0.1, -0.05) is 26.2 Å². The molecule has 0 aliphatic carbocycles. The molecule has 0 radical (unpaired) electrons. The molecule has 0 aromatic rings. The van der Waals surface area contributed by atoms with Crippen molar-refractivity contribution in [2.45, 2.75) is 52.1 Å². The molecule has 0 aromatic heterocycles. The van der Waals surface area contributed by atoms with Crippen LogP contribution in [0.25, 0.3) is 0 Å². The average Bonchev–Trinajstić information content (AvgIpc) is 1.86. The number of rotatable bonds is 6. The Balaban J connectivity index is 3.22. The topological polar surface area (TPSA) is 37.3 Å². The summed E-state index contributed by atoms with van der Waals surface area (Å²) in [5.41, 5.74) is 0. The Labute approximate surface area is 68.6 Å². The highest BCUT2D eigenvalue weighted by molar-refractivity contribution is 5.75. The maximum absolute atomic E-state index is 10.5. The summed E-state index contributed by atoms with van der Waals surface area (Å²) in [5, 5.41) is 9.23. The zero-order valence-electron chi connectivity index (χ0n) is 7.47. The van der Waals surface area contributed by atoms with Crippen molar-refractivity contribution in [3.8, 4) is 0 Å². The average molecular weight is 158 g/mol. The first-order valence-electron chi connectivity index (χ1n) is 4.34. The fraction of sp³-hybridized carbons (Fsp3) is 0.889. The number of aliphatic hydroxyl groups is 1. The van der Waals surface area contributed by atoms with E-state index in [0.717, 1.165) is 25.7 Å². The molecule has 0 fully saturated rings. The summed E-state index contributed by atoms with van der Waals surface area (Å²) < 4.78 is 0. The number of aliphatic hydroxyl groups excluding tert-OH is 1. The van der Waals surface area contributed by atoms with Crippen LogP contribution < -0.4 is 0 Å². The molecule has 0 aromatic carbocycles. The Bertz CT molecular complexity index is 110. The molecule has 0 saturated heterocycles. The second kappa shape index (κ2) is 6.35. The standard InChI is InChI=1S/C9H18O2/c1-3-4-5-6-9(11)7-8(2)10/h9,11H,3-7H2,1-2H3/t9-/m1/s1. The summed E-state index contributed by atoms with van der Waals surface area (Å²) in [6, 6.07) is 0. The van der Waals surface area contributed by atoms with Crippen LogP contribution in [-0.4, -0.2) is 17.0 Å². The van der Waals surface area contributed by atoms with Gasteiger partial charge in [0.05, 0.1) is 6.10 Å². The molecule has 1 N–H and O–H groups in total. The number of hydrogen-bond donors (Lipinski definition) is 1. The lowest BCUT2D eigenvalue weighted by Gasteiger charge is -2.06. The Kier molecular flexibility index (Phi) is 6.13. The molecular formula is C9H18O2. The first-order valence-corrected chi connectivity index (χ1v) is 4.34. The van der Waals surface area contributed by atoms with Gasteiger partial charge in [-0.3, -0.25) is 4.79 Å². The van der Waals surface area contributed by atoms with Crippen molar-refractivity contribution in [3.63, 3.8) is 0 Å². The molecule has 0 unspecified atom stereocenters. The van der Waals surface area contributed by atoms with Gasteiger partial charge >= 0.3 is 0 Å². The highest BCUT2D eigenvalue weighted by atomic mass is 16.3. The Hall–Kier alpha value is -0.370. The van der Waals surface area contributed by atoms with Crippen LogP contribution in [0.2, 0.25) is 0 Å². The van der Waals surface area contributed by atoms with Crippen molar-refractivity contribution in [1.29, 1.82) is 0 Å². The lowest BCUT2D eigenvalue weighted by atomic mass is 10.1. The van der Waals surface area contributed by atoms with Gasteiger partial charge in [0.15, 0.2) is 0 Å². The van der Waals surface area contributed by atoms with Gasteiger partial charge in [0.25, 0.3) is 0 Å². The van der Waals surface area contributed by atoms with Crippen molar-refractivity contribution in [2.24, 2.45) is 0 Å². The fourth-order valence-corrected chi connectivity index (χ4v) is 1.06. The maximum Gasteiger partial charge on any atom is 0.132 e. The second-order valence-electron chi connectivity index (χ2n) is 3.06. The minimum atomic E-state index is -0.404. The van der Waals surface area contributed by atoms with Crippen LogP contribution in [0, 0.1) is 0 Å². The molecule has 1 atom stereocenters. The molecule has 0 heterocycles. The number of hydrogen-bond acceptors (Lipinski definition) is 2. The molecule has 0 saturated carbocycles. The zero-order chi connectivity index (χ0) is 8.69. The predicted octanol–water partition coefficient (Wildman–Crippen LogP) is 1.91. The quantitative estimate of drug-likeness (QED) is 0.599. The molecule has 66 valence electrons. The van der Waals surface area contributed by atoms with Crippen LogP contribution in [-0.2, 0) is 4.79 Å². The lowest BCUT2D eigenvalue weighted by molar-refractivity contribution is -0.118. The van der Waals surface area contributed by atoms with E-state index in [1.54, 1.807) is 0 Å². The predicted molar refractivity (Wildman–Crippen MR) is 45.4 cm³/mol. The number of carbonyl (C=O) groups excluding carboxylic acids is 1. The van der Waals surface area contributed by atoms with E-state index in [1.807, 2.05) is 0 Å². The summed E-state index contributed by atoms with van der Waals surface area (Å²) in [5.74, 6) is 0.0778. The summed E-state index contributed by atoms with van der Waals surface area (Å²) >= 11 is 0. The highest BCUT2D eigenvalue weighted by Crippen LogP contribution is 2.06. The Morgan fingerprint density at radius 1 is 1.45 bits per heavy atom. The summed E-state index contributed by atoms with van der Waals surface area (Å²) in [6.45, 7) is 3.64. The van der Waals surface area contributed by atoms with Crippen LogP contribution >= 0.6 is 0 Å². The molecule has 0 aliphatic rings. The molecule has 11 heavy (non-hydrogen) atoms. The van der Waals surface area contributed by atoms with Gasteiger partial charge in [0, 0.05) is 6.42 Å². The molecule has 2 heteroatoms. The van der Waals surface area contributed by atoms with Gasteiger partial charge < -0.3 is 5.11 Å². The number of unbranched alkanes of at least 4 members (excludes halogenated alkanes) is 2. The minimum absolute atomic E-state index is 0.0778. The van der Waals surface area contributed by atoms with E-state index in [2.05, 4.69) is 6.92 Å². The van der Waals surface area contributed by atoms with Crippen molar-refractivity contribution < 1.29 is 9.90 Å². The van der Waals surface area contributed by atoms with Gasteiger partial charge in [-0.15, -0.1) is 0 Å². The third-order valence-corrected chi connectivity index (χ3v) is 1.66. The summed E-state index contributed by atoms with van der Waals surface area (Å²) in [7, 11) is 0. The summed E-state index contributed by atoms with van der Waals surface area (Å²) in [4.78, 5) is 10.5. The monoisotopic (exact) mass is 158 g/mol. The van der Waals surface area contributed by atoms with Crippen LogP contribution in [0.1, 0.15) is 46.0 Å². The van der Waals surface area contributed by atoms with Crippen LogP contribution in [0.3, 0.4) is 0 Å². The van der Waals surface area contributed by atoms with Gasteiger partial charge in [-0.2, -0.15) is 0 Å². The van der Waals surface area contributed by atoms with Gasteiger partial charge in [-0.05, 0) is 13.3 Å². The molecule has 2 nitrogen and oxygen atoms in total. The third-order valence-electron chi connectivity index (χ3n) is 1.66. The molecule has 0 spiro atoms. The fourth-order valence-electron chi connectivity index (χ4n) is 1.06. The van der Waals surface area contributed by atoms with Crippen LogP contribution in [0.4, 0.5) is 0 Å². The maximum atomic E-state index is 10.5. The third kappa shape index (κ3) is 7.53. The Morgan fingerprint density at radius 2 is 2.09 bits per heavy atom. The van der Waals surface area contributed by atoms with Gasteiger partial charge in [-0.25, -0.2) is 0 Å². The van der Waals surface area contributed by atoms with E-state index < -0.39 is 6.10 Å². The normalized spacial score (nSPS) is 13.0. The van der Waals surface area contributed by atoms with E-state index in [1.165, 1.54) is 6.92 Å². The number of ketones is 1. The number of Topliss-reactive ketones (excluding diaryl/α,β-unsaturated/α-hetero) is 1. The van der Waals surface area contributed by atoms with E-state index in [0.29, 0.717) is 6.42 Å². The van der Waals surface area contributed by atoms with Crippen LogP contribution in [0.5, 0.6) is 0 Å². The van der Waals surface area contributed by atoms with E-state index in [-0.39, 0.29) is 5.78 Å². The van der Waals surface area contributed by atoms with E-state index in [9.17, 15) is 9.90 Å². The first kappa shape index (κ1) is 10.6. The van der Waals surface area contributed by atoms with E-state index in [4.69, 9.17) is 0 Å². The Morgan fingerprint density at radius 3 is 2.55 bits per heavy atom. The summed E-state index contributed by atoms with van der Waals surface area (Å²) in [6.07, 6.45) is 4.03. The zero-order valence-corrected chi connectivity index (χ0v) is 7.47. The SMILES string of the molecule is CCCCC[C@@H](O)CC(C)=O. The van der Waals surface area contributed by atoms with Crippen molar-refractivity contribution in [2.75, 3.05) is 0 Å². The molecule has 0 aliphatic heterocycles. The minimum Gasteiger partial charge on any atom is -0.393 e. The van der Waals surface area contributed by atoms with E-state index >= 15 is 0 Å². The lowest BCUT2D eigenvalue weighted by Crippen LogP contribution is -2.10. The number of carbonyl (C=O) groups is 1. The first-order chi connectivity index (χ1) is 5.16. The van der Waals surface area contributed by atoms with Crippen molar-refractivity contribution in [1.82, 2.24) is 0 Å². The molecule has 0 bridgehead atoms. The van der Waals surface area contributed by atoms with Crippen LogP contribution in [0.15, 0.2) is 0 Å². The largest absolute Gasteiger partial charge is 0.393 e. The smallest absolute Gasteiger partial charge is 0.132 e. The second-order valence-corrected chi connectivity index (χ2v) is 3.06. The molecule has 0 rings (SSSR count). The van der Waals surface area contributed by atoms with Gasteiger partial charge in [0.1, 0.15) is 5.78 Å².